The quantitative estimate of drug-likeness (QED) is 0.704. The van der Waals surface area contributed by atoms with Gasteiger partial charge in [0.05, 0.1) is 0 Å². The van der Waals surface area contributed by atoms with E-state index in [-0.39, 0.29) is 5.91 Å². The van der Waals surface area contributed by atoms with Gasteiger partial charge in [-0.3, -0.25) is 9.69 Å². The molecule has 0 spiro atoms. The van der Waals surface area contributed by atoms with Crippen molar-refractivity contribution in [1.82, 2.24) is 14.8 Å². The highest BCUT2D eigenvalue weighted by Gasteiger charge is 2.20. The van der Waals surface area contributed by atoms with Crippen molar-refractivity contribution in [2.45, 2.75) is 45.3 Å². The van der Waals surface area contributed by atoms with Crippen LogP contribution < -0.4 is 5.32 Å². The predicted molar refractivity (Wildman–Crippen MR) is 114 cm³/mol. The van der Waals surface area contributed by atoms with Gasteiger partial charge in [-0.2, -0.15) is 0 Å². The van der Waals surface area contributed by atoms with Crippen LogP contribution in [0.15, 0.2) is 60.8 Å². The number of amides is 1. The van der Waals surface area contributed by atoms with Crippen molar-refractivity contribution >= 4 is 16.8 Å². The van der Waals surface area contributed by atoms with Gasteiger partial charge in [-0.05, 0) is 43.0 Å². The summed E-state index contributed by atoms with van der Waals surface area (Å²) in [5.74, 6) is 0.163. The topological polar surface area (TPSA) is 37.3 Å². The second kappa shape index (κ2) is 8.61. The molecule has 1 aromatic heterocycles. The van der Waals surface area contributed by atoms with Crippen LogP contribution in [0.1, 0.15) is 30.4 Å². The summed E-state index contributed by atoms with van der Waals surface area (Å²) in [7, 11) is 0. The molecule has 1 aliphatic heterocycles. The zero-order chi connectivity index (χ0) is 19.3. The molecule has 1 fully saturated rings. The molecule has 28 heavy (non-hydrogen) atoms. The molecule has 146 valence electrons. The van der Waals surface area contributed by atoms with Crippen LogP contribution in [0, 0.1) is 6.92 Å². The molecule has 0 saturated carbocycles. The normalized spacial score (nSPS) is 15.8. The summed E-state index contributed by atoms with van der Waals surface area (Å²) in [5, 5.41) is 4.52. The SMILES string of the molecule is Cc1cccc2c1ccn2CCC(=O)NC1CCN(Cc2ccccc2)CC1. The maximum Gasteiger partial charge on any atom is 0.222 e. The number of rotatable bonds is 6. The number of carbonyl (C=O) groups is 1. The summed E-state index contributed by atoms with van der Waals surface area (Å²) >= 11 is 0. The second-order valence-corrected chi connectivity index (χ2v) is 7.87. The molecule has 0 atom stereocenters. The third-order valence-corrected chi connectivity index (χ3v) is 5.81. The van der Waals surface area contributed by atoms with Crippen molar-refractivity contribution in [3.05, 3.63) is 71.9 Å². The summed E-state index contributed by atoms with van der Waals surface area (Å²) in [4.78, 5) is 14.9. The van der Waals surface area contributed by atoms with Crippen LogP contribution in [-0.4, -0.2) is 34.5 Å². The van der Waals surface area contributed by atoms with E-state index >= 15 is 0 Å². The van der Waals surface area contributed by atoms with Gasteiger partial charge in [-0.1, -0.05) is 42.5 Å². The molecular formula is C24H29N3O. The third kappa shape index (κ3) is 4.45. The molecule has 2 heterocycles. The number of likely N-dealkylation sites (tertiary alicyclic amines) is 1. The van der Waals surface area contributed by atoms with E-state index in [0.29, 0.717) is 12.5 Å². The summed E-state index contributed by atoms with van der Waals surface area (Å²) in [6, 6.07) is 19.4. The molecule has 3 aromatic rings. The fourth-order valence-electron chi connectivity index (χ4n) is 4.17. The number of hydrogen-bond donors (Lipinski definition) is 1. The third-order valence-electron chi connectivity index (χ3n) is 5.81. The van der Waals surface area contributed by atoms with Crippen molar-refractivity contribution in [1.29, 1.82) is 0 Å². The molecule has 4 nitrogen and oxygen atoms in total. The number of carbonyl (C=O) groups excluding carboxylic acids is 1. The fraction of sp³-hybridized carbons (Fsp3) is 0.375. The smallest absolute Gasteiger partial charge is 0.222 e. The lowest BCUT2D eigenvalue weighted by atomic mass is 10.0. The fourth-order valence-corrected chi connectivity index (χ4v) is 4.17. The van der Waals surface area contributed by atoms with Crippen LogP contribution in [0.5, 0.6) is 0 Å². The summed E-state index contributed by atoms with van der Waals surface area (Å²) in [6.45, 7) is 5.94. The van der Waals surface area contributed by atoms with Gasteiger partial charge < -0.3 is 9.88 Å². The summed E-state index contributed by atoms with van der Waals surface area (Å²) in [6.07, 6.45) is 4.68. The van der Waals surface area contributed by atoms with Gasteiger partial charge >= 0.3 is 0 Å². The first-order chi connectivity index (χ1) is 13.7. The highest BCUT2D eigenvalue weighted by molar-refractivity contribution is 5.83. The number of aromatic nitrogens is 1. The molecule has 1 aliphatic rings. The Bertz CT molecular complexity index is 923. The van der Waals surface area contributed by atoms with E-state index in [4.69, 9.17) is 0 Å². The monoisotopic (exact) mass is 375 g/mol. The highest BCUT2D eigenvalue weighted by atomic mass is 16.1. The first-order valence-corrected chi connectivity index (χ1v) is 10.3. The number of nitrogens with one attached hydrogen (secondary N) is 1. The van der Waals surface area contributed by atoms with E-state index in [1.165, 1.54) is 22.0 Å². The number of nitrogens with zero attached hydrogens (tertiary/aromatic N) is 2. The van der Waals surface area contributed by atoms with Gasteiger partial charge in [0.2, 0.25) is 5.91 Å². The Morgan fingerprint density at radius 3 is 2.61 bits per heavy atom. The van der Waals surface area contributed by atoms with E-state index < -0.39 is 0 Å². The van der Waals surface area contributed by atoms with Crippen molar-refractivity contribution in [2.75, 3.05) is 13.1 Å². The second-order valence-electron chi connectivity index (χ2n) is 7.87. The van der Waals surface area contributed by atoms with Crippen LogP contribution in [0.3, 0.4) is 0 Å². The lowest BCUT2D eigenvalue weighted by Gasteiger charge is -2.32. The molecule has 0 aliphatic carbocycles. The van der Waals surface area contributed by atoms with Crippen LogP contribution in [0.2, 0.25) is 0 Å². The van der Waals surface area contributed by atoms with Crippen LogP contribution in [-0.2, 0) is 17.9 Å². The zero-order valence-electron chi connectivity index (χ0n) is 16.6. The van der Waals surface area contributed by atoms with Gasteiger partial charge in [-0.15, -0.1) is 0 Å². The van der Waals surface area contributed by atoms with Gasteiger partial charge in [0, 0.05) is 55.7 Å². The van der Waals surface area contributed by atoms with E-state index in [9.17, 15) is 4.79 Å². The van der Waals surface area contributed by atoms with Gasteiger partial charge in [0.1, 0.15) is 0 Å². The zero-order valence-corrected chi connectivity index (χ0v) is 16.6. The van der Waals surface area contributed by atoms with Gasteiger partial charge in [0.15, 0.2) is 0 Å². The van der Waals surface area contributed by atoms with Crippen molar-refractivity contribution < 1.29 is 4.79 Å². The number of aryl methyl sites for hydroxylation is 2. The molecule has 0 unspecified atom stereocenters. The molecule has 4 rings (SSSR count). The average Bonchev–Trinajstić information content (AvgIpc) is 3.13. The minimum absolute atomic E-state index is 0.163. The Balaban J connectivity index is 1.23. The summed E-state index contributed by atoms with van der Waals surface area (Å²) in [5.41, 5.74) is 3.85. The van der Waals surface area contributed by atoms with Crippen molar-refractivity contribution in [3.63, 3.8) is 0 Å². The van der Waals surface area contributed by atoms with Crippen LogP contribution in [0.4, 0.5) is 0 Å². The van der Waals surface area contributed by atoms with E-state index in [0.717, 1.165) is 39.0 Å². The molecule has 0 radical (unpaired) electrons. The van der Waals surface area contributed by atoms with Gasteiger partial charge in [0.25, 0.3) is 0 Å². The molecular weight excluding hydrogens is 346 g/mol. The Kier molecular flexibility index (Phi) is 5.77. The predicted octanol–water partition coefficient (Wildman–Crippen LogP) is 4.12. The lowest BCUT2D eigenvalue weighted by Crippen LogP contribution is -2.44. The van der Waals surface area contributed by atoms with E-state index in [1.807, 2.05) is 0 Å². The molecule has 1 saturated heterocycles. The van der Waals surface area contributed by atoms with Crippen molar-refractivity contribution in [3.8, 4) is 0 Å². The molecule has 1 amide bonds. The highest BCUT2D eigenvalue weighted by Crippen LogP contribution is 2.20. The van der Waals surface area contributed by atoms with E-state index in [2.05, 4.69) is 82.5 Å². The molecule has 4 heteroatoms. The molecule has 1 N–H and O–H groups in total. The van der Waals surface area contributed by atoms with Gasteiger partial charge in [-0.25, -0.2) is 0 Å². The van der Waals surface area contributed by atoms with Crippen LogP contribution in [0.25, 0.3) is 10.9 Å². The molecule has 2 aromatic carbocycles. The Labute approximate surface area is 167 Å². The maximum absolute atomic E-state index is 12.4. The Morgan fingerprint density at radius 1 is 1.04 bits per heavy atom. The van der Waals surface area contributed by atoms with Crippen molar-refractivity contribution in [2.24, 2.45) is 0 Å². The number of benzene rings is 2. The maximum atomic E-state index is 12.4. The summed E-state index contributed by atoms with van der Waals surface area (Å²) < 4.78 is 2.18. The average molecular weight is 376 g/mol. The minimum atomic E-state index is 0.163. The molecule has 0 bridgehead atoms. The number of hydrogen-bond acceptors (Lipinski definition) is 2. The first-order valence-electron chi connectivity index (χ1n) is 10.3. The number of piperidine rings is 1. The van der Waals surface area contributed by atoms with E-state index in [1.54, 1.807) is 0 Å². The number of fused-ring (bicyclic) bond motifs is 1. The van der Waals surface area contributed by atoms with Crippen LogP contribution >= 0.6 is 0 Å². The minimum Gasteiger partial charge on any atom is -0.353 e. The Morgan fingerprint density at radius 2 is 1.82 bits per heavy atom. The first kappa shape index (κ1) is 18.8. The lowest BCUT2D eigenvalue weighted by molar-refractivity contribution is -0.122. The Hall–Kier alpha value is -2.59. The largest absolute Gasteiger partial charge is 0.353 e. The standard InChI is InChI=1S/C24H29N3O/c1-19-6-5-9-23-22(19)12-16-27(23)17-13-24(28)25-21-10-14-26(15-11-21)18-20-7-3-2-4-8-20/h2-9,12,16,21H,10-11,13-15,17-18H2,1H3,(H,25,28).